The third-order valence-corrected chi connectivity index (χ3v) is 7.52. The maximum Gasteiger partial charge on any atom is 0.326 e. The van der Waals surface area contributed by atoms with Crippen molar-refractivity contribution in [3.8, 4) is 5.75 Å². The summed E-state index contributed by atoms with van der Waals surface area (Å²) in [5.74, 6) is -3.23. The number of hydrogen-bond donors (Lipinski definition) is 3. The molecule has 2 aliphatic rings. The van der Waals surface area contributed by atoms with E-state index in [1.807, 2.05) is 30.3 Å². The summed E-state index contributed by atoms with van der Waals surface area (Å²) >= 11 is 0. The van der Waals surface area contributed by atoms with E-state index in [0.717, 1.165) is 10.5 Å². The Balaban J connectivity index is 1.24. The first-order valence-electron chi connectivity index (χ1n) is 13.3. The first-order valence-corrected chi connectivity index (χ1v) is 13.3. The van der Waals surface area contributed by atoms with E-state index in [1.54, 1.807) is 36.4 Å². The highest BCUT2D eigenvalue weighted by Gasteiger charge is 2.40. The molecular weight excluding hydrogens is 526 g/mol. The number of carboxylic acids is 1. The molecule has 0 spiro atoms. The second kappa shape index (κ2) is 11.6. The molecule has 3 aromatic carbocycles. The Bertz CT molecular complexity index is 1470. The third-order valence-electron chi connectivity index (χ3n) is 7.52. The number of carboxylic acid groups (broad SMARTS) is 1. The van der Waals surface area contributed by atoms with Gasteiger partial charge in [-0.2, -0.15) is 0 Å². The van der Waals surface area contributed by atoms with Gasteiger partial charge in [0.05, 0.1) is 11.6 Å². The second-order valence-corrected chi connectivity index (χ2v) is 10.2. The van der Waals surface area contributed by atoms with Crippen molar-refractivity contribution in [2.45, 2.75) is 50.2 Å². The maximum atomic E-state index is 13.1. The number of hydrogen-bond acceptors (Lipinski definition) is 6. The summed E-state index contributed by atoms with van der Waals surface area (Å²) < 4.78 is 0. The third kappa shape index (κ3) is 5.96. The van der Waals surface area contributed by atoms with Gasteiger partial charge in [-0.1, -0.05) is 54.6 Å². The van der Waals surface area contributed by atoms with Crippen LogP contribution in [-0.4, -0.2) is 56.8 Å². The first-order chi connectivity index (χ1) is 19.7. The van der Waals surface area contributed by atoms with Crippen LogP contribution < -0.4 is 10.2 Å². The van der Waals surface area contributed by atoms with Crippen LogP contribution in [0, 0.1) is 0 Å². The van der Waals surface area contributed by atoms with Gasteiger partial charge in [0.25, 0.3) is 0 Å². The number of nitrogens with zero attached hydrogens (tertiary/aromatic N) is 2. The highest BCUT2D eigenvalue weighted by molar-refractivity contribution is 6.22. The molecule has 1 unspecified atom stereocenters. The fourth-order valence-electron chi connectivity index (χ4n) is 5.34. The highest BCUT2D eigenvalue weighted by Crippen LogP contribution is 2.34. The molecule has 10 heteroatoms. The van der Waals surface area contributed by atoms with Gasteiger partial charge in [-0.3, -0.25) is 24.1 Å². The van der Waals surface area contributed by atoms with Gasteiger partial charge >= 0.3 is 5.97 Å². The minimum absolute atomic E-state index is 0.00341. The molecule has 5 rings (SSSR count). The van der Waals surface area contributed by atoms with E-state index in [0.29, 0.717) is 23.2 Å². The number of imide groups is 1. The summed E-state index contributed by atoms with van der Waals surface area (Å²) in [6.45, 7) is 0.262. The van der Waals surface area contributed by atoms with E-state index in [4.69, 9.17) is 0 Å². The van der Waals surface area contributed by atoms with Crippen LogP contribution in [0.3, 0.4) is 0 Å². The molecule has 4 amide bonds. The number of aliphatic carboxylic acids is 1. The van der Waals surface area contributed by atoms with Crippen LogP contribution in [0.1, 0.15) is 41.9 Å². The van der Waals surface area contributed by atoms with Gasteiger partial charge in [-0.25, -0.2) is 4.79 Å². The van der Waals surface area contributed by atoms with Crippen molar-refractivity contribution in [2.75, 3.05) is 4.90 Å². The Morgan fingerprint density at radius 1 is 0.878 bits per heavy atom. The molecule has 0 bridgehead atoms. The topological polar surface area (TPSA) is 144 Å². The minimum atomic E-state index is -1.24. The quantitative estimate of drug-likeness (QED) is 0.345. The van der Waals surface area contributed by atoms with E-state index in [2.05, 4.69) is 5.32 Å². The molecule has 0 saturated carbocycles. The van der Waals surface area contributed by atoms with Crippen LogP contribution in [0.4, 0.5) is 5.69 Å². The fourth-order valence-corrected chi connectivity index (χ4v) is 5.34. The number of rotatable bonds is 9. The lowest BCUT2D eigenvalue weighted by atomic mass is 9.97. The van der Waals surface area contributed by atoms with Crippen LogP contribution in [0.25, 0.3) is 0 Å². The molecule has 0 radical (unpaired) electrons. The predicted octanol–water partition coefficient (Wildman–Crippen LogP) is 2.74. The average Bonchev–Trinajstić information content (AvgIpc) is 3.47. The van der Waals surface area contributed by atoms with E-state index in [9.17, 15) is 34.2 Å². The van der Waals surface area contributed by atoms with Crippen LogP contribution in [0.5, 0.6) is 5.75 Å². The molecule has 2 saturated heterocycles. The van der Waals surface area contributed by atoms with Gasteiger partial charge in [-0.05, 0) is 47.4 Å². The summed E-state index contributed by atoms with van der Waals surface area (Å²) in [7, 11) is 0. The van der Waals surface area contributed by atoms with Crippen LogP contribution >= 0.6 is 0 Å². The molecule has 210 valence electrons. The minimum Gasteiger partial charge on any atom is -0.508 e. The molecule has 3 aromatic rings. The van der Waals surface area contributed by atoms with E-state index in [1.165, 1.54) is 17.0 Å². The Labute approximate surface area is 236 Å². The number of phenolic OH excluding ortho intramolecular Hbond substituents is 1. The SMILES string of the molecule is O=C(O)[C@H](Cc1ccc(N2C(=O)CC(c3ccc(O)cc3)C2=O)cc1)NC(=O)[C@@H]1CCC(=O)N1Cc1ccccc1. The smallest absolute Gasteiger partial charge is 0.326 e. The lowest BCUT2D eigenvalue weighted by Gasteiger charge is -2.26. The summed E-state index contributed by atoms with van der Waals surface area (Å²) in [6.07, 6.45) is 0.495. The lowest BCUT2D eigenvalue weighted by Crippen LogP contribution is -2.50. The van der Waals surface area contributed by atoms with E-state index in [-0.39, 0.29) is 49.3 Å². The second-order valence-electron chi connectivity index (χ2n) is 10.2. The van der Waals surface area contributed by atoms with Crippen molar-refractivity contribution in [1.29, 1.82) is 0 Å². The molecule has 3 N–H and O–H groups in total. The molecular formula is C31H29N3O7. The molecule has 2 heterocycles. The Morgan fingerprint density at radius 3 is 2.22 bits per heavy atom. The average molecular weight is 556 g/mol. The van der Waals surface area contributed by atoms with Crippen LogP contribution in [0.2, 0.25) is 0 Å². The van der Waals surface area contributed by atoms with Crippen molar-refractivity contribution in [3.05, 3.63) is 95.6 Å². The van der Waals surface area contributed by atoms with Crippen molar-refractivity contribution in [3.63, 3.8) is 0 Å². The Morgan fingerprint density at radius 2 is 1.56 bits per heavy atom. The van der Waals surface area contributed by atoms with Crippen molar-refractivity contribution in [1.82, 2.24) is 10.2 Å². The number of carbonyl (C=O) groups is 5. The molecule has 2 aliphatic heterocycles. The lowest BCUT2D eigenvalue weighted by molar-refractivity contribution is -0.143. The van der Waals surface area contributed by atoms with Gasteiger partial charge in [0.2, 0.25) is 23.6 Å². The normalized spacial score (nSPS) is 19.5. The van der Waals surface area contributed by atoms with Gasteiger partial charge in [-0.15, -0.1) is 0 Å². The Hall–Kier alpha value is -4.99. The molecule has 0 aliphatic carbocycles. The highest BCUT2D eigenvalue weighted by atomic mass is 16.4. The van der Waals surface area contributed by atoms with Crippen molar-refractivity contribution in [2.24, 2.45) is 0 Å². The van der Waals surface area contributed by atoms with Crippen molar-refractivity contribution >= 4 is 35.3 Å². The number of carbonyl (C=O) groups excluding carboxylic acids is 4. The first kappa shape index (κ1) is 27.6. The number of phenols is 1. The van der Waals surface area contributed by atoms with Crippen LogP contribution in [0.15, 0.2) is 78.9 Å². The van der Waals surface area contributed by atoms with Gasteiger partial charge in [0.15, 0.2) is 0 Å². The monoisotopic (exact) mass is 555 g/mol. The van der Waals surface area contributed by atoms with Crippen LogP contribution in [-0.2, 0) is 36.9 Å². The fraction of sp³-hybridized carbons (Fsp3) is 0.258. The molecule has 2 fully saturated rings. The number of aromatic hydroxyl groups is 1. The zero-order chi connectivity index (χ0) is 29.1. The largest absolute Gasteiger partial charge is 0.508 e. The zero-order valence-corrected chi connectivity index (χ0v) is 22.1. The number of nitrogens with one attached hydrogen (secondary N) is 1. The molecule has 41 heavy (non-hydrogen) atoms. The van der Waals surface area contributed by atoms with Crippen molar-refractivity contribution < 1.29 is 34.2 Å². The van der Waals surface area contributed by atoms with Gasteiger partial charge < -0.3 is 20.4 Å². The summed E-state index contributed by atoms with van der Waals surface area (Å²) in [4.78, 5) is 66.0. The van der Waals surface area contributed by atoms with Gasteiger partial charge in [0.1, 0.15) is 17.8 Å². The number of benzene rings is 3. The molecule has 10 nitrogen and oxygen atoms in total. The molecule has 0 aromatic heterocycles. The standard InChI is InChI=1S/C31H29N3O7/c35-23-12-8-21(9-13-23)24-17-28(37)34(30(24)39)22-10-6-19(7-11-22)16-25(31(40)41)32-29(38)26-14-15-27(36)33(26)18-20-4-2-1-3-5-20/h1-13,24-26,35H,14-18H2,(H,32,38)(H,40,41)/t24?,25-,26-/m0/s1. The summed E-state index contributed by atoms with van der Waals surface area (Å²) in [5, 5.41) is 21.9. The number of likely N-dealkylation sites (tertiary alicyclic amines) is 1. The summed E-state index contributed by atoms with van der Waals surface area (Å²) in [5.41, 5.74) is 2.45. The molecule has 3 atom stereocenters. The summed E-state index contributed by atoms with van der Waals surface area (Å²) in [6, 6.07) is 19.8. The Kier molecular flexibility index (Phi) is 7.82. The zero-order valence-electron chi connectivity index (χ0n) is 22.1. The van der Waals surface area contributed by atoms with Gasteiger partial charge in [0, 0.05) is 25.8 Å². The van der Waals surface area contributed by atoms with E-state index < -0.39 is 29.9 Å². The van der Waals surface area contributed by atoms with E-state index >= 15 is 0 Å². The number of anilines is 1. The maximum absolute atomic E-state index is 13.1. The predicted molar refractivity (Wildman–Crippen MR) is 148 cm³/mol. The number of amides is 4.